The molecule has 3 heteroatoms. The maximum atomic E-state index is 5.73. The lowest BCUT2D eigenvalue weighted by molar-refractivity contribution is -0.0227. The first-order valence-electron chi connectivity index (χ1n) is 4.25. The predicted molar refractivity (Wildman–Crippen MR) is 50.0 cm³/mol. The summed E-state index contributed by atoms with van der Waals surface area (Å²) in [7, 11) is 0. The third-order valence-electron chi connectivity index (χ3n) is 2.12. The van der Waals surface area contributed by atoms with E-state index in [9.17, 15) is 0 Å². The predicted octanol–water partition coefficient (Wildman–Crippen LogP) is 1.25. The topological polar surface area (TPSA) is 35.2 Å². The molecule has 1 atom stereocenters. The maximum Gasteiger partial charge on any atom is 0.0792 e. The number of nitrogens with two attached hydrogens (primary N) is 1. The van der Waals surface area contributed by atoms with Gasteiger partial charge in [-0.05, 0) is 32.1 Å². The van der Waals surface area contributed by atoms with Crippen LogP contribution in [0.25, 0.3) is 0 Å². The molecule has 0 bridgehead atoms. The van der Waals surface area contributed by atoms with Crippen LogP contribution >= 0.6 is 11.8 Å². The summed E-state index contributed by atoms with van der Waals surface area (Å²) in [5.74, 6) is 2.37. The Labute approximate surface area is 72.9 Å². The van der Waals surface area contributed by atoms with Gasteiger partial charge in [-0.15, -0.1) is 0 Å². The fourth-order valence-corrected chi connectivity index (χ4v) is 2.95. The summed E-state index contributed by atoms with van der Waals surface area (Å²) in [6.45, 7) is 3.63. The minimum absolute atomic E-state index is 0.133. The van der Waals surface area contributed by atoms with Crippen LogP contribution in [0.2, 0.25) is 0 Å². The SMILES string of the molecule is CCOC1(CCN)CCSC1. The minimum Gasteiger partial charge on any atom is -0.374 e. The van der Waals surface area contributed by atoms with Crippen LogP contribution < -0.4 is 5.73 Å². The van der Waals surface area contributed by atoms with Gasteiger partial charge < -0.3 is 10.5 Å². The Morgan fingerprint density at radius 3 is 2.91 bits per heavy atom. The molecule has 0 amide bonds. The molecule has 0 aromatic carbocycles. The Morgan fingerprint density at radius 2 is 2.45 bits per heavy atom. The molecule has 11 heavy (non-hydrogen) atoms. The second kappa shape index (κ2) is 4.33. The molecular weight excluding hydrogens is 158 g/mol. The Bertz CT molecular complexity index is 105. The zero-order valence-electron chi connectivity index (χ0n) is 7.14. The van der Waals surface area contributed by atoms with Gasteiger partial charge in [-0.25, -0.2) is 0 Å². The van der Waals surface area contributed by atoms with Crippen LogP contribution in [0.1, 0.15) is 19.8 Å². The molecule has 0 radical (unpaired) electrons. The van der Waals surface area contributed by atoms with Gasteiger partial charge in [0.05, 0.1) is 5.60 Å². The van der Waals surface area contributed by atoms with Crippen LogP contribution in [0.15, 0.2) is 0 Å². The molecule has 1 unspecified atom stereocenters. The third kappa shape index (κ3) is 2.36. The van der Waals surface area contributed by atoms with Crippen molar-refractivity contribution in [3.63, 3.8) is 0 Å². The fourth-order valence-electron chi connectivity index (χ4n) is 1.54. The van der Waals surface area contributed by atoms with Crippen molar-refractivity contribution < 1.29 is 4.74 Å². The summed E-state index contributed by atoms with van der Waals surface area (Å²) in [6, 6.07) is 0. The van der Waals surface area contributed by atoms with Gasteiger partial charge in [-0.1, -0.05) is 0 Å². The van der Waals surface area contributed by atoms with E-state index in [1.807, 2.05) is 11.8 Å². The second-order valence-corrected chi connectivity index (χ2v) is 4.06. The molecule has 1 rings (SSSR count). The highest BCUT2D eigenvalue weighted by Crippen LogP contribution is 2.33. The zero-order valence-corrected chi connectivity index (χ0v) is 7.95. The molecule has 1 aliphatic rings. The van der Waals surface area contributed by atoms with Crippen molar-refractivity contribution in [1.29, 1.82) is 0 Å². The molecule has 0 aliphatic carbocycles. The highest BCUT2D eigenvalue weighted by molar-refractivity contribution is 7.99. The van der Waals surface area contributed by atoms with E-state index in [0.717, 1.165) is 25.3 Å². The Kier molecular flexibility index (Phi) is 3.69. The first kappa shape index (κ1) is 9.36. The molecular formula is C8H17NOS. The van der Waals surface area contributed by atoms with Crippen LogP contribution in [-0.4, -0.2) is 30.3 Å². The van der Waals surface area contributed by atoms with E-state index in [2.05, 4.69) is 6.92 Å². The van der Waals surface area contributed by atoms with E-state index in [0.29, 0.717) is 0 Å². The Morgan fingerprint density at radius 1 is 1.64 bits per heavy atom. The summed E-state index contributed by atoms with van der Waals surface area (Å²) in [5.41, 5.74) is 5.67. The molecule has 0 aromatic heterocycles. The number of thioether (sulfide) groups is 1. The highest BCUT2D eigenvalue weighted by Gasteiger charge is 2.33. The summed E-state index contributed by atoms with van der Waals surface area (Å²) in [5, 5.41) is 0. The van der Waals surface area contributed by atoms with Crippen LogP contribution in [0.5, 0.6) is 0 Å². The van der Waals surface area contributed by atoms with Crippen LogP contribution in [-0.2, 0) is 4.74 Å². The molecule has 0 spiro atoms. The average molecular weight is 175 g/mol. The largest absolute Gasteiger partial charge is 0.374 e. The Hall–Kier alpha value is 0.270. The lowest BCUT2D eigenvalue weighted by Gasteiger charge is -2.27. The van der Waals surface area contributed by atoms with Gasteiger partial charge in [0.2, 0.25) is 0 Å². The van der Waals surface area contributed by atoms with Crippen LogP contribution in [0.4, 0.5) is 0 Å². The van der Waals surface area contributed by atoms with Crippen LogP contribution in [0.3, 0.4) is 0 Å². The summed E-state index contributed by atoms with van der Waals surface area (Å²) < 4.78 is 5.73. The van der Waals surface area contributed by atoms with E-state index in [1.54, 1.807) is 0 Å². The minimum atomic E-state index is 0.133. The second-order valence-electron chi connectivity index (χ2n) is 2.96. The number of ether oxygens (including phenoxy) is 1. The van der Waals surface area contributed by atoms with E-state index in [-0.39, 0.29) is 5.60 Å². The van der Waals surface area contributed by atoms with E-state index in [1.165, 1.54) is 12.2 Å². The maximum absolute atomic E-state index is 5.73. The molecule has 1 saturated heterocycles. The van der Waals surface area contributed by atoms with Crippen molar-refractivity contribution >= 4 is 11.8 Å². The van der Waals surface area contributed by atoms with Gasteiger partial charge in [-0.2, -0.15) is 11.8 Å². The van der Waals surface area contributed by atoms with Crippen molar-refractivity contribution in [3.8, 4) is 0 Å². The van der Waals surface area contributed by atoms with E-state index in [4.69, 9.17) is 10.5 Å². The summed E-state index contributed by atoms with van der Waals surface area (Å²) in [4.78, 5) is 0. The standard InChI is InChI=1S/C8H17NOS/c1-2-10-8(3-5-9)4-6-11-7-8/h2-7,9H2,1H3. The first-order chi connectivity index (χ1) is 5.33. The van der Waals surface area contributed by atoms with Crippen molar-refractivity contribution in [2.45, 2.75) is 25.4 Å². The number of hydrogen-bond acceptors (Lipinski definition) is 3. The molecule has 2 nitrogen and oxygen atoms in total. The highest BCUT2D eigenvalue weighted by atomic mass is 32.2. The molecule has 2 N–H and O–H groups in total. The fraction of sp³-hybridized carbons (Fsp3) is 1.00. The normalized spacial score (nSPS) is 31.1. The van der Waals surface area contributed by atoms with Gasteiger partial charge in [0.15, 0.2) is 0 Å². The lowest BCUT2D eigenvalue weighted by atomic mass is 9.99. The van der Waals surface area contributed by atoms with E-state index < -0.39 is 0 Å². The molecule has 66 valence electrons. The Balaban J connectivity index is 2.40. The van der Waals surface area contributed by atoms with Gasteiger partial charge in [0.25, 0.3) is 0 Å². The average Bonchev–Trinajstić information content (AvgIpc) is 2.39. The van der Waals surface area contributed by atoms with Gasteiger partial charge in [0.1, 0.15) is 0 Å². The summed E-state index contributed by atoms with van der Waals surface area (Å²) >= 11 is 1.98. The van der Waals surface area contributed by atoms with Crippen molar-refractivity contribution in [2.75, 3.05) is 24.7 Å². The monoisotopic (exact) mass is 175 g/mol. The van der Waals surface area contributed by atoms with Crippen LogP contribution in [0, 0.1) is 0 Å². The zero-order chi connectivity index (χ0) is 8.16. The van der Waals surface area contributed by atoms with Gasteiger partial charge in [-0.3, -0.25) is 0 Å². The lowest BCUT2D eigenvalue weighted by Crippen LogP contribution is -2.34. The smallest absolute Gasteiger partial charge is 0.0792 e. The van der Waals surface area contributed by atoms with Gasteiger partial charge >= 0.3 is 0 Å². The van der Waals surface area contributed by atoms with Crippen molar-refractivity contribution in [1.82, 2.24) is 0 Å². The van der Waals surface area contributed by atoms with Gasteiger partial charge in [0, 0.05) is 12.4 Å². The molecule has 1 aliphatic heterocycles. The number of rotatable bonds is 4. The molecule has 0 saturated carbocycles. The molecule has 1 fully saturated rings. The quantitative estimate of drug-likeness (QED) is 0.698. The molecule has 0 aromatic rings. The number of hydrogen-bond donors (Lipinski definition) is 1. The first-order valence-corrected chi connectivity index (χ1v) is 5.40. The third-order valence-corrected chi connectivity index (χ3v) is 3.34. The molecule has 1 heterocycles. The summed E-state index contributed by atoms with van der Waals surface area (Å²) in [6.07, 6.45) is 2.20. The van der Waals surface area contributed by atoms with E-state index >= 15 is 0 Å². The van der Waals surface area contributed by atoms with Crippen molar-refractivity contribution in [2.24, 2.45) is 5.73 Å². The van der Waals surface area contributed by atoms with Crippen molar-refractivity contribution in [3.05, 3.63) is 0 Å².